The van der Waals surface area contributed by atoms with Crippen molar-refractivity contribution in [3.05, 3.63) is 53.6 Å². The van der Waals surface area contributed by atoms with Crippen LogP contribution in [-0.4, -0.2) is 18.6 Å². The second kappa shape index (κ2) is 7.43. The average Bonchev–Trinajstić information content (AvgIpc) is 2.45. The highest BCUT2D eigenvalue weighted by Crippen LogP contribution is 2.32. The smallest absolute Gasteiger partial charge is 0.508 e. The molecule has 0 fully saturated rings. The maximum atomic E-state index is 12.1. The average molecular weight is 350 g/mol. The minimum atomic E-state index is -4.73. The molecule has 4 nitrogen and oxygen atoms in total. The summed E-state index contributed by atoms with van der Waals surface area (Å²) in [7, 11) is 1.44. The van der Waals surface area contributed by atoms with Crippen LogP contribution >= 0.6 is 12.4 Å². The van der Waals surface area contributed by atoms with E-state index < -0.39 is 12.4 Å². The summed E-state index contributed by atoms with van der Waals surface area (Å²) in [6.45, 7) is 0. The van der Waals surface area contributed by atoms with E-state index in [1.807, 2.05) is 0 Å². The van der Waals surface area contributed by atoms with Crippen molar-refractivity contribution in [1.29, 1.82) is 0 Å². The van der Waals surface area contributed by atoms with Crippen LogP contribution in [0.2, 0.25) is 0 Å². The third kappa shape index (κ3) is 4.94. The summed E-state index contributed by atoms with van der Waals surface area (Å²) in [5.74, 6) is 0.103. The van der Waals surface area contributed by atoms with E-state index in [2.05, 4.69) is 4.74 Å². The number of phenolic OH excluding ortho intramolecular Hbond substituents is 1. The molecule has 2 rings (SSSR count). The Bertz CT molecular complexity index is 647. The Morgan fingerprint density at radius 2 is 1.70 bits per heavy atom. The van der Waals surface area contributed by atoms with E-state index in [-0.39, 0.29) is 23.9 Å². The third-order valence-corrected chi connectivity index (χ3v) is 3.02. The van der Waals surface area contributed by atoms with Gasteiger partial charge in [-0.15, -0.1) is 25.6 Å². The summed E-state index contributed by atoms with van der Waals surface area (Å²) < 4.78 is 45.3. The first-order valence-electron chi connectivity index (χ1n) is 6.28. The molecule has 0 saturated carbocycles. The molecule has 0 aliphatic rings. The third-order valence-electron chi connectivity index (χ3n) is 3.02. The molecule has 23 heavy (non-hydrogen) atoms. The van der Waals surface area contributed by atoms with E-state index in [1.165, 1.54) is 43.5 Å². The Hall–Kier alpha value is -2.12. The summed E-state index contributed by atoms with van der Waals surface area (Å²) in [4.78, 5) is 0. The topological polar surface area (TPSA) is 64.7 Å². The minimum absolute atomic E-state index is 0. The molecule has 2 aromatic rings. The molecular weight excluding hydrogens is 335 g/mol. The zero-order valence-corrected chi connectivity index (χ0v) is 12.8. The minimum Gasteiger partial charge on any atom is -0.508 e. The van der Waals surface area contributed by atoms with E-state index in [4.69, 9.17) is 10.5 Å². The predicted molar refractivity (Wildman–Crippen MR) is 81.1 cm³/mol. The molecule has 0 unspecified atom stereocenters. The molecule has 2 aromatic carbocycles. The lowest BCUT2D eigenvalue weighted by Gasteiger charge is -2.17. The van der Waals surface area contributed by atoms with E-state index in [0.717, 1.165) is 0 Å². The highest BCUT2D eigenvalue weighted by molar-refractivity contribution is 5.85. The van der Waals surface area contributed by atoms with E-state index in [1.54, 1.807) is 6.07 Å². The zero-order chi connectivity index (χ0) is 16.3. The van der Waals surface area contributed by atoms with Crippen molar-refractivity contribution < 1.29 is 27.8 Å². The molecule has 8 heteroatoms. The number of ether oxygens (including phenoxy) is 2. The molecule has 0 saturated heterocycles. The van der Waals surface area contributed by atoms with Crippen molar-refractivity contribution in [2.45, 2.75) is 12.4 Å². The van der Waals surface area contributed by atoms with Crippen molar-refractivity contribution in [3.8, 4) is 17.2 Å². The molecule has 3 N–H and O–H groups in total. The van der Waals surface area contributed by atoms with Crippen LogP contribution in [0, 0.1) is 0 Å². The Morgan fingerprint density at radius 1 is 1.09 bits per heavy atom. The SMILES string of the molecule is COc1cc(O)ccc1[C@@H](N)c1ccc(OC(F)(F)F)cc1.Cl. The predicted octanol–water partition coefficient (Wildman–Crippen LogP) is 3.77. The molecule has 0 bridgehead atoms. The molecule has 0 amide bonds. The number of aromatic hydroxyl groups is 1. The second-order valence-electron chi connectivity index (χ2n) is 4.52. The lowest BCUT2D eigenvalue weighted by atomic mass is 9.98. The number of hydrogen-bond acceptors (Lipinski definition) is 4. The summed E-state index contributed by atoms with van der Waals surface area (Å²) in [5.41, 5.74) is 7.28. The van der Waals surface area contributed by atoms with Gasteiger partial charge in [-0.1, -0.05) is 12.1 Å². The number of methoxy groups -OCH3 is 1. The molecule has 0 heterocycles. The molecule has 1 atom stereocenters. The van der Waals surface area contributed by atoms with Crippen LogP contribution in [0.3, 0.4) is 0 Å². The number of rotatable bonds is 4. The van der Waals surface area contributed by atoms with Gasteiger partial charge in [0.25, 0.3) is 0 Å². The largest absolute Gasteiger partial charge is 0.573 e. The maximum absolute atomic E-state index is 12.1. The fourth-order valence-electron chi connectivity index (χ4n) is 2.01. The first-order chi connectivity index (χ1) is 10.3. The molecule has 0 radical (unpaired) electrons. The van der Waals surface area contributed by atoms with Crippen molar-refractivity contribution in [2.24, 2.45) is 5.73 Å². The monoisotopic (exact) mass is 349 g/mol. The lowest BCUT2D eigenvalue weighted by Crippen LogP contribution is -2.17. The van der Waals surface area contributed by atoms with Gasteiger partial charge in [0.2, 0.25) is 0 Å². The van der Waals surface area contributed by atoms with Crippen LogP contribution < -0.4 is 15.2 Å². The van der Waals surface area contributed by atoms with Gasteiger partial charge >= 0.3 is 6.36 Å². The number of nitrogens with two attached hydrogens (primary N) is 1. The summed E-state index contributed by atoms with van der Waals surface area (Å²) in [5, 5.41) is 9.42. The van der Waals surface area contributed by atoms with Crippen molar-refractivity contribution in [3.63, 3.8) is 0 Å². The van der Waals surface area contributed by atoms with E-state index >= 15 is 0 Å². The quantitative estimate of drug-likeness (QED) is 0.882. The van der Waals surface area contributed by atoms with Gasteiger partial charge in [0.15, 0.2) is 0 Å². The highest BCUT2D eigenvalue weighted by atomic mass is 35.5. The van der Waals surface area contributed by atoms with Crippen LogP contribution in [-0.2, 0) is 0 Å². The van der Waals surface area contributed by atoms with Gasteiger partial charge in [0.1, 0.15) is 17.2 Å². The van der Waals surface area contributed by atoms with Crippen LogP contribution in [0.4, 0.5) is 13.2 Å². The van der Waals surface area contributed by atoms with Gasteiger partial charge in [-0.2, -0.15) is 0 Å². The van der Waals surface area contributed by atoms with Gasteiger partial charge in [0, 0.05) is 11.6 Å². The molecule has 0 aromatic heterocycles. The number of phenols is 1. The Labute approximate surface area is 137 Å². The van der Waals surface area contributed by atoms with Gasteiger partial charge in [-0.25, -0.2) is 0 Å². The summed E-state index contributed by atoms with van der Waals surface area (Å²) in [6.07, 6.45) is -4.73. The van der Waals surface area contributed by atoms with Crippen LogP contribution in [0.1, 0.15) is 17.2 Å². The van der Waals surface area contributed by atoms with Gasteiger partial charge in [-0.05, 0) is 29.8 Å². The van der Waals surface area contributed by atoms with Gasteiger partial charge in [-0.3, -0.25) is 0 Å². The fraction of sp³-hybridized carbons (Fsp3) is 0.200. The Kier molecular flexibility index (Phi) is 6.12. The number of benzene rings is 2. The van der Waals surface area contributed by atoms with E-state index in [9.17, 15) is 18.3 Å². The molecule has 0 spiro atoms. The number of alkyl halides is 3. The molecular formula is C15H15ClF3NO3. The molecule has 0 aliphatic heterocycles. The maximum Gasteiger partial charge on any atom is 0.573 e. The van der Waals surface area contributed by atoms with E-state index in [0.29, 0.717) is 16.9 Å². The lowest BCUT2D eigenvalue weighted by molar-refractivity contribution is -0.274. The van der Waals surface area contributed by atoms with Gasteiger partial charge in [0.05, 0.1) is 13.2 Å². The van der Waals surface area contributed by atoms with Crippen LogP contribution in [0.5, 0.6) is 17.2 Å². The van der Waals surface area contributed by atoms with Gasteiger partial charge < -0.3 is 20.3 Å². The zero-order valence-electron chi connectivity index (χ0n) is 12.0. The first-order valence-corrected chi connectivity index (χ1v) is 6.28. The van der Waals surface area contributed by atoms with Crippen molar-refractivity contribution in [1.82, 2.24) is 0 Å². The highest BCUT2D eigenvalue weighted by Gasteiger charge is 2.31. The first kappa shape index (κ1) is 18.9. The Balaban J connectivity index is 0.00000264. The Morgan fingerprint density at radius 3 is 2.22 bits per heavy atom. The number of halogens is 4. The van der Waals surface area contributed by atoms with Crippen molar-refractivity contribution >= 4 is 12.4 Å². The van der Waals surface area contributed by atoms with Crippen LogP contribution in [0.15, 0.2) is 42.5 Å². The normalized spacial score (nSPS) is 12.2. The molecule has 0 aliphatic carbocycles. The van der Waals surface area contributed by atoms with Crippen molar-refractivity contribution in [2.75, 3.05) is 7.11 Å². The molecule has 126 valence electrons. The van der Waals surface area contributed by atoms with Crippen LogP contribution in [0.25, 0.3) is 0 Å². The number of hydrogen-bond donors (Lipinski definition) is 2. The standard InChI is InChI=1S/C15H14F3NO3.ClH/c1-21-13-8-10(20)4-7-12(13)14(19)9-2-5-11(6-3-9)22-15(16,17)18;/h2-8,14,20H,19H2,1H3;1H/t14-;/m0./s1. The second-order valence-corrected chi connectivity index (χ2v) is 4.52. The fourth-order valence-corrected chi connectivity index (χ4v) is 2.01. The summed E-state index contributed by atoms with van der Waals surface area (Å²) in [6, 6.07) is 9.12. The summed E-state index contributed by atoms with van der Waals surface area (Å²) >= 11 is 0.